The summed E-state index contributed by atoms with van der Waals surface area (Å²) in [4.78, 5) is 27.7. The van der Waals surface area contributed by atoms with Gasteiger partial charge in [-0.3, -0.25) is 4.79 Å². The number of hydrogen-bond acceptors (Lipinski definition) is 6. The largest absolute Gasteiger partial charge is 0.493 e. The number of hydrogen-bond donors (Lipinski definition) is 0. The van der Waals surface area contributed by atoms with Crippen molar-refractivity contribution in [2.24, 2.45) is 4.99 Å². The predicted molar refractivity (Wildman–Crippen MR) is 107 cm³/mol. The van der Waals surface area contributed by atoms with Crippen molar-refractivity contribution in [1.29, 1.82) is 0 Å². The van der Waals surface area contributed by atoms with Crippen LogP contribution < -0.4 is 9.47 Å². The zero-order valence-corrected chi connectivity index (χ0v) is 17.5. The molecule has 0 atom stereocenters. The van der Waals surface area contributed by atoms with Crippen molar-refractivity contribution < 1.29 is 23.8 Å². The summed E-state index contributed by atoms with van der Waals surface area (Å²) in [5.74, 6) is -0.199. The van der Waals surface area contributed by atoms with E-state index < -0.39 is 11.9 Å². The summed E-state index contributed by atoms with van der Waals surface area (Å²) in [5.41, 5.74) is 1.45. The van der Waals surface area contributed by atoms with Crippen LogP contribution in [0.15, 0.2) is 56.0 Å². The molecule has 1 aliphatic heterocycles. The Labute approximate surface area is 172 Å². The Kier molecular flexibility index (Phi) is 5.76. The number of halogens is 2. The lowest BCUT2D eigenvalue weighted by Crippen LogP contribution is -2.06. The molecule has 0 aromatic heterocycles. The van der Waals surface area contributed by atoms with Crippen molar-refractivity contribution in [1.82, 2.24) is 0 Å². The molecule has 1 heterocycles. The van der Waals surface area contributed by atoms with E-state index in [-0.39, 0.29) is 17.3 Å². The predicted octanol–water partition coefficient (Wildman–Crippen LogP) is 4.49. The van der Waals surface area contributed by atoms with Crippen LogP contribution >= 0.6 is 31.9 Å². The molecule has 0 spiro atoms. The van der Waals surface area contributed by atoms with Gasteiger partial charge in [0.05, 0.1) is 17.1 Å². The van der Waals surface area contributed by atoms with Crippen LogP contribution in [0.2, 0.25) is 0 Å². The smallest absolute Gasteiger partial charge is 0.363 e. The van der Waals surface area contributed by atoms with Crippen LogP contribution in [0.25, 0.3) is 6.08 Å². The van der Waals surface area contributed by atoms with Gasteiger partial charge in [-0.05, 0) is 67.8 Å². The van der Waals surface area contributed by atoms with Gasteiger partial charge in [0.2, 0.25) is 5.90 Å². The van der Waals surface area contributed by atoms with Crippen LogP contribution in [0.4, 0.5) is 0 Å². The zero-order chi connectivity index (χ0) is 19.6. The molecule has 2 aromatic rings. The molecule has 0 aliphatic carbocycles. The second-order valence-corrected chi connectivity index (χ2v) is 7.15. The molecule has 3 rings (SSSR count). The van der Waals surface area contributed by atoms with E-state index in [1.165, 1.54) is 14.0 Å². The van der Waals surface area contributed by atoms with E-state index in [1.54, 1.807) is 24.3 Å². The first kappa shape index (κ1) is 19.3. The molecule has 27 heavy (non-hydrogen) atoms. The molecule has 6 nitrogen and oxygen atoms in total. The third kappa shape index (κ3) is 4.28. The van der Waals surface area contributed by atoms with Gasteiger partial charge in [-0.1, -0.05) is 12.1 Å². The number of ether oxygens (including phenoxy) is 3. The lowest BCUT2D eigenvalue weighted by molar-refractivity contribution is -0.132. The van der Waals surface area contributed by atoms with Crippen molar-refractivity contribution in [3.8, 4) is 11.5 Å². The second-order valence-electron chi connectivity index (χ2n) is 5.44. The SMILES string of the molecule is COc1cc(/C=C2/N=C(c3ccccc3Br)OC2=O)cc(Br)c1OC(C)=O. The van der Waals surface area contributed by atoms with Crippen molar-refractivity contribution in [2.45, 2.75) is 6.92 Å². The highest BCUT2D eigenvalue weighted by Crippen LogP contribution is 2.37. The minimum atomic E-state index is -0.556. The first-order valence-electron chi connectivity index (χ1n) is 7.72. The quantitative estimate of drug-likeness (QED) is 0.355. The first-order chi connectivity index (χ1) is 12.9. The lowest BCUT2D eigenvalue weighted by Gasteiger charge is -2.11. The van der Waals surface area contributed by atoms with Gasteiger partial charge >= 0.3 is 11.9 Å². The summed E-state index contributed by atoms with van der Waals surface area (Å²) in [6.07, 6.45) is 1.57. The van der Waals surface area contributed by atoms with E-state index >= 15 is 0 Å². The van der Waals surface area contributed by atoms with Gasteiger partial charge in [0.25, 0.3) is 0 Å². The number of aliphatic imine (C=N–C) groups is 1. The topological polar surface area (TPSA) is 74.2 Å². The van der Waals surface area contributed by atoms with Crippen LogP contribution in [0.5, 0.6) is 11.5 Å². The van der Waals surface area contributed by atoms with Gasteiger partial charge in [-0.15, -0.1) is 0 Å². The highest BCUT2D eigenvalue weighted by atomic mass is 79.9. The molecule has 0 amide bonds. The number of methoxy groups -OCH3 is 1. The molecule has 8 heteroatoms. The molecule has 2 aromatic carbocycles. The maximum absolute atomic E-state index is 12.2. The summed E-state index contributed by atoms with van der Waals surface area (Å²) in [5, 5.41) is 0. The number of esters is 2. The fourth-order valence-corrected chi connectivity index (χ4v) is 3.38. The molecular formula is C19H13Br2NO5. The van der Waals surface area contributed by atoms with Crippen molar-refractivity contribution in [3.05, 3.63) is 62.2 Å². The van der Waals surface area contributed by atoms with Crippen LogP contribution in [0.3, 0.4) is 0 Å². The maximum atomic E-state index is 12.2. The summed E-state index contributed by atoms with van der Waals surface area (Å²) < 4.78 is 17.0. The number of cyclic esters (lactones) is 1. The van der Waals surface area contributed by atoms with Gasteiger partial charge < -0.3 is 14.2 Å². The Bertz CT molecular complexity index is 998. The molecule has 138 valence electrons. The molecule has 0 unspecified atom stereocenters. The third-order valence-corrected chi connectivity index (χ3v) is 4.81. The Morgan fingerprint density at radius 1 is 1.19 bits per heavy atom. The number of carbonyl (C=O) groups is 2. The molecule has 0 N–H and O–H groups in total. The monoisotopic (exact) mass is 493 g/mol. The fourth-order valence-electron chi connectivity index (χ4n) is 2.38. The molecule has 0 saturated heterocycles. The Balaban J connectivity index is 1.99. The van der Waals surface area contributed by atoms with Crippen LogP contribution in [-0.4, -0.2) is 24.9 Å². The molecule has 0 saturated carbocycles. The standard InChI is InChI=1S/C19H13Br2NO5/c1-10(23)26-17-14(21)7-11(9-16(17)25-2)8-15-19(24)27-18(22-15)12-5-3-4-6-13(12)20/h3-9H,1-2H3/b15-8+. The van der Waals surface area contributed by atoms with E-state index in [0.717, 1.165) is 4.47 Å². The summed E-state index contributed by atoms with van der Waals surface area (Å²) in [7, 11) is 1.46. The normalized spacial score (nSPS) is 14.7. The van der Waals surface area contributed by atoms with E-state index in [1.807, 2.05) is 18.2 Å². The molecule has 0 radical (unpaired) electrons. The van der Waals surface area contributed by atoms with Gasteiger partial charge in [0.1, 0.15) is 0 Å². The highest BCUT2D eigenvalue weighted by Gasteiger charge is 2.25. The van der Waals surface area contributed by atoms with E-state index in [4.69, 9.17) is 14.2 Å². The van der Waals surface area contributed by atoms with Crippen LogP contribution in [0.1, 0.15) is 18.1 Å². The van der Waals surface area contributed by atoms with Crippen LogP contribution in [-0.2, 0) is 14.3 Å². The molecule has 0 fully saturated rings. The minimum Gasteiger partial charge on any atom is -0.493 e. The fraction of sp³-hybridized carbons (Fsp3) is 0.105. The van der Waals surface area contributed by atoms with Crippen molar-refractivity contribution in [3.63, 3.8) is 0 Å². The average Bonchev–Trinajstić information content (AvgIpc) is 2.97. The summed E-state index contributed by atoms with van der Waals surface area (Å²) >= 11 is 6.76. The molecular weight excluding hydrogens is 482 g/mol. The number of rotatable bonds is 4. The average molecular weight is 495 g/mol. The van der Waals surface area contributed by atoms with Gasteiger partial charge in [-0.2, -0.15) is 0 Å². The summed E-state index contributed by atoms with van der Waals surface area (Å²) in [6.45, 7) is 1.30. The molecule has 0 bridgehead atoms. The van der Waals surface area contributed by atoms with E-state index in [0.29, 0.717) is 21.3 Å². The van der Waals surface area contributed by atoms with Crippen molar-refractivity contribution in [2.75, 3.05) is 7.11 Å². The minimum absolute atomic E-state index is 0.148. The van der Waals surface area contributed by atoms with Gasteiger partial charge in [0.15, 0.2) is 17.2 Å². The number of nitrogens with zero attached hydrogens (tertiary/aromatic N) is 1. The van der Waals surface area contributed by atoms with Gasteiger partial charge in [-0.25, -0.2) is 9.79 Å². The number of carbonyl (C=O) groups excluding carboxylic acids is 2. The Hall–Kier alpha value is -2.45. The van der Waals surface area contributed by atoms with Gasteiger partial charge in [0, 0.05) is 11.4 Å². The third-order valence-electron chi connectivity index (χ3n) is 3.53. The maximum Gasteiger partial charge on any atom is 0.363 e. The first-order valence-corrected chi connectivity index (χ1v) is 9.31. The Morgan fingerprint density at radius 3 is 2.59 bits per heavy atom. The second kappa shape index (κ2) is 8.06. The number of benzene rings is 2. The molecule has 1 aliphatic rings. The highest BCUT2D eigenvalue weighted by molar-refractivity contribution is 9.10. The summed E-state index contributed by atoms with van der Waals surface area (Å²) in [6, 6.07) is 10.6. The lowest BCUT2D eigenvalue weighted by atomic mass is 10.1. The van der Waals surface area contributed by atoms with Crippen molar-refractivity contribution >= 4 is 55.8 Å². The Morgan fingerprint density at radius 2 is 1.93 bits per heavy atom. The van der Waals surface area contributed by atoms with E-state index in [2.05, 4.69) is 36.9 Å². The van der Waals surface area contributed by atoms with Crippen LogP contribution in [0, 0.1) is 0 Å². The van der Waals surface area contributed by atoms with E-state index in [9.17, 15) is 9.59 Å². The zero-order valence-electron chi connectivity index (χ0n) is 14.3.